The number of hydrogen-bond acceptors (Lipinski definition) is 13. The number of halogens is 4. The minimum atomic E-state index is -1.17. The van der Waals surface area contributed by atoms with Gasteiger partial charge in [0.15, 0.2) is 11.2 Å². The molecular formula is C45H32Cl2F2N6O8. The smallest absolute Gasteiger partial charge is 0.338 e. The number of rotatable bonds is 6. The van der Waals surface area contributed by atoms with Crippen molar-refractivity contribution in [1.29, 1.82) is 0 Å². The predicted molar refractivity (Wildman–Crippen MR) is 230 cm³/mol. The second kappa shape index (κ2) is 17.2. The van der Waals surface area contributed by atoms with Crippen molar-refractivity contribution in [2.45, 2.75) is 12.8 Å². The minimum Gasteiger partial charge on any atom is -0.491 e. The van der Waals surface area contributed by atoms with Crippen LogP contribution in [-0.4, -0.2) is 70.4 Å². The van der Waals surface area contributed by atoms with E-state index in [0.717, 1.165) is 0 Å². The fourth-order valence-electron chi connectivity index (χ4n) is 7.21. The van der Waals surface area contributed by atoms with E-state index in [0.29, 0.717) is 111 Å². The Hall–Kier alpha value is -7.30. The van der Waals surface area contributed by atoms with Crippen LogP contribution in [0.4, 0.5) is 31.8 Å². The highest BCUT2D eigenvalue weighted by Gasteiger charge is 2.27. The van der Waals surface area contributed by atoms with Crippen LogP contribution in [0.15, 0.2) is 106 Å². The zero-order valence-corrected chi connectivity index (χ0v) is 34.5. The number of carbonyl (C=O) groups excluding carboxylic acids is 1. The van der Waals surface area contributed by atoms with Gasteiger partial charge in [-0.25, -0.2) is 38.3 Å². The molecule has 0 amide bonds. The first-order valence-corrected chi connectivity index (χ1v) is 20.1. The highest BCUT2D eigenvalue weighted by Crippen LogP contribution is 2.40. The Morgan fingerprint density at radius 3 is 1.62 bits per heavy atom. The SMILES string of the molecule is COC(=O)c1cc(N2CCCOc3ccc(F)cc32)ncc1-c1nc2c(Cl)cccc2o1.O=C(O)c1cc(N2CCCOc3ccc(F)cc32)ncc1-c1nc2c(Cl)cccc2o1. The van der Waals surface area contributed by atoms with E-state index in [1.54, 1.807) is 59.5 Å². The number of pyridine rings is 2. The molecule has 0 aliphatic carbocycles. The topological polar surface area (TPSA) is 166 Å². The number of hydrogen-bond donors (Lipinski definition) is 1. The van der Waals surface area contributed by atoms with E-state index >= 15 is 0 Å². The van der Waals surface area contributed by atoms with Crippen LogP contribution in [0.2, 0.25) is 10.0 Å². The van der Waals surface area contributed by atoms with E-state index in [-0.39, 0.29) is 28.5 Å². The van der Waals surface area contributed by atoms with E-state index in [9.17, 15) is 23.5 Å². The van der Waals surface area contributed by atoms with Gasteiger partial charge in [-0.1, -0.05) is 35.3 Å². The van der Waals surface area contributed by atoms with Crippen LogP contribution in [0.25, 0.3) is 45.1 Å². The Morgan fingerprint density at radius 1 is 0.683 bits per heavy atom. The van der Waals surface area contributed by atoms with Gasteiger partial charge in [-0.3, -0.25) is 0 Å². The van der Waals surface area contributed by atoms with Crippen LogP contribution in [0.1, 0.15) is 33.6 Å². The molecule has 10 rings (SSSR count). The van der Waals surface area contributed by atoms with Crippen LogP contribution in [0, 0.1) is 11.6 Å². The maximum Gasteiger partial charge on any atom is 0.338 e. The summed E-state index contributed by atoms with van der Waals surface area (Å²) in [6.07, 6.45) is 4.23. The fourth-order valence-corrected chi connectivity index (χ4v) is 7.63. The number of fused-ring (bicyclic) bond motifs is 4. The molecule has 0 saturated carbocycles. The van der Waals surface area contributed by atoms with Crippen molar-refractivity contribution in [3.63, 3.8) is 0 Å². The number of para-hydroxylation sites is 2. The maximum atomic E-state index is 14.0. The monoisotopic (exact) mass is 892 g/mol. The quantitative estimate of drug-likeness (QED) is 0.157. The number of aromatic carboxylic acids is 1. The van der Waals surface area contributed by atoms with E-state index in [1.165, 1.54) is 49.8 Å². The number of nitrogens with zero attached hydrogens (tertiary/aromatic N) is 6. The zero-order valence-electron chi connectivity index (χ0n) is 33.0. The van der Waals surface area contributed by atoms with Gasteiger partial charge in [-0.15, -0.1) is 0 Å². The molecule has 14 nitrogen and oxygen atoms in total. The lowest BCUT2D eigenvalue weighted by molar-refractivity contribution is 0.0600. The van der Waals surface area contributed by atoms with Crippen molar-refractivity contribution in [2.75, 3.05) is 43.2 Å². The Kier molecular flexibility index (Phi) is 11.2. The van der Waals surface area contributed by atoms with Crippen LogP contribution in [-0.2, 0) is 4.74 Å². The van der Waals surface area contributed by atoms with Crippen LogP contribution < -0.4 is 19.3 Å². The summed E-state index contributed by atoms with van der Waals surface area (Å²) >= 11 is 12.4. The first-order chi connectivity index (χ1) is 30.6. The van der Waals surface area contributed by atoms with Crippen molar-refractivity contribution in [3.8, 4) is 34.4 Å². The molecule has 4 aromatic carbocycles. The van der Waals surface area contributed by atoms with Gasteiger partial charge in [0.25, 0.3) is 0 Å². The van der Waals surface area contributed by atoms with E-state index < -0.39 is 23.6 Å². The predicted octanol–water partition coefficient (Wildman–Crippen LogP) is 10.7. The van der Waals surface area contributed by atoms with Gasteiger partial charge < -0.3 is 38.0 Å². The molecule has 0 spiro atoms. The Bertz CT molecular complexity index is 3070. The molecule has 0 unspecified atom stereocenters. The van der Waals surface area contributed by atoms with Crippen molar-refractivity contribution >= 4 is 80.4 Å². The third kappa shape index (κ3) is 8.13. The first kappa shape index (κ1) is 41.1. The molecule has 6 heterocycles. The van der Waals surface area contributed by atoms with E-state index in [1.807, 2.05) is 4.90 Å². The minimum absolute atomic E-state index is 0.0456. The molecule has 0 fully saturated rings. The molecule has 318 valence electrons. The number of ether oxygens (including phenoxy) is 3. The Balaban J connectivity index is 0.000000160. The number of anilines is 4. The summed E-state index contributed by atoms with van der Waals surface area (Å²) in [6.45, 7) is 1.96. The van der Waals surface area contributed by atoms with E-state index in [4.69, 9.17) is 46.2 Å². The summed E-state index contributed by atoms with van der Waals surface area (Å²) in [6, 6.07) is 21.8. The largest absolute Gasteiger partial charge is 0.491 e. The molecule has 8 aromatic rings. The summed E-state index contributed by atoms with van der Waals surface area (Å²) in [5.74, 6) is -0.421. The van der Waals surface area contributed by atoms with Crippen molar-refractivity contribution in [3.05, 3.63) is 130 Å². The zero-order chi connectivity index (χ0) is 43.8. The summed E-state index contributed by atoms with van der Waals surface area (Å²) in [5.41, 5.74) is 3.62. The molecule has 18 heteroatoms. The third-order valence-electron chi connectivity index (χ3n) is 10.2. The highest BCUT2D eigenvalue weighted by atomic mass is 35.5. The molecule has 2 aliphatic heterocycles. The van der Waals surface area contributed by atoms with Crippen LogP contribution in [0.3, 0.4) is 0 Å². The van der Waals surface area contributed by atoms with Crippen LogP contribution in [0.5, 0.6) is 11.5 Å². The second-order valence-electron chi connectivity index (χ2n) is 14.1. The van der Waals surface area contributed by atoms with Crippen LogP contribution >= 0.6 is 23.2 Å². The molecule has 0 bridgehead atoms. The Morgan fingerprint density at radius 2 is 1.16 bits per heavy atom. The number of methoxy groups -OCH3 is 1. The number of oxazole rings is 2. The number of carboxylic acids is 1. The van der Waals surface area contributed by atoms with Crippen molar-refractivity contribution < 1.29 is 46.5 Å². The van der Waals surface area contributed by atoms with E-state index in [2.05, 4.69) is 19.9 Å². The van der Waals surface area contributed by atoms with Crippen molar-refractivity contribution in [2.24, 2.45) is 0 Å². The molecule has 2 aliphatic rings. The lowest BCUT2D eigenvalue weighted by Gasteiger charge is -2.23. The molecule has 0 atom stereocenters. The molecule has 1 N–H and O–H groups in total. The van der Waals surface area contributed by atoms with Crippen molar-refractivity contribution in [1.82, 2.24) is 19.9 Å². The number of aromatic nitrogens is 4. The maximum absolute atomic E-state index is 14.0. The molecule has 4 aromatic heterocycles. The summed E-state index contributed by atoms with van der Waals surface area (Å²) in [4.78, 5) is 46.0. The van der Waals surface area contributed by atoms with Gasteiger partial charge >= 0.3 is 11.9 Å². The van der Waals surface area contributed by atoms with Gasteiger partial charge in [-0.05, 0) is 73.5 Å². The normalized spacial score (nSPS) is 13.5. The average molecular weight is 894 g/mol. The average Bonchev–Trinajstić information content (AvgIpc) is 3.81. The molecule has 0 radical (unpaired) electrons. The Labute approximate surface area is 366 Å². The summed E-state index contributed by atoms with van der Waals surface area (Å²) in [7, 11) is 1.29. The molecular weight excluding hydrogens is 861 g/mol. The van der Waals surface area contributed by atoms with Gasteiger partial charge in [0.05, 0.1) is 64.0 Å². The number of carbonyl (C=O) groups is 2. The first-order valence-electron chi connectivity index (χ1n) is 19.4. The third-order valence-corrected chi connectivity index (χ3v) is 10.8. The van der Waals surface area contributed by atoms with Gasteiger partial charge in [0.2, 0.25) is 11.8 Å². The lowest BCUT2D eigenvalue weighted by Crippen LogP contribution is -2.20. The highest BCUT2D eigenvalue weighted by molar-refractivity contribution is 6.35. The fraction of sp³-hybridized carbons (Fsp3) is 0.156. The standard InChI is InChI=1S/C23H17ClFN3O4.C22H15ClFN3O4/c1-30-23(29)14-11-20(28-8-3-9-31-18-7-6-13(25)10-17(18)28)26-12-15(14)22-27-21-16(24)4-2-5-19(21)32-22;23-15-3-1-4-18-20(15)26-21(31-18)14-11-25-19(10-13(14)22(28)29)27-7-2-8-30-17-6-5-12(24)9-16(17)27/h2,4-7,10-12H,3,8-9H2,1H3;1,3-6,9-11H,2,7-8H2,(H,28,29). The molecule has 0 saturated heterocycles. The number of esters is 1. The lowest BCUT2D eigenvalue weighted by atomic mass is 10.1. The molecule has 63 heavy (non-hydrogen) atoms. The number of carboxylic acid groups (broad SMARTS) is 1. The summed E-state index contributed by atoms with van der Waals surface area (Å²) < 4.78 is 55.8. The van der Waals surface area contributed by atoms with Gasteiger partial charge in [0, 0.05) is 37.6 Å². The van der Waals surface area contributed by atoms with Gasteiger partial charge in [-0.2, -0.15) is 0 Å². The summed E-state index contributed by atoms with van der Waals surface area (Å²) in [5, 5.41) is 10.7. The number of benzene rings is 4. The van der Waals surface area contributed by atoms with Gasteiger partial charge in [0.1, 0.15) is 45.8 Å². The second-order valence-corrected chi connectivity index (χ2v) is 14.9.